The molecule has 0 aliphatic heterocycles. The van der Waals surface area contributed by atoms with Gasteiger partial charge in [0.05, 0.1) is 12.1 Å². The molecule has 1 aromatic rings. The number of rotatable bonds is 4. The molecule has 5 heteroatoms. The summed E-state index contributed by atoms with van der Waals surface area (Å²) in [7, 11) is 0. The van der Waals surface area contributed by atoms with Crippen molar-refractivity contribution < 1.29 is 19.5 Å². The van der Waals surface area contributed by atoms with E-state index in [0.29, 0.717) is 22.4 Å². The van der Waals surface area contributed by atoms with Crippen molar-refractivity contribution in [3.8, 4) is 0 Å². The Hall–Kier alpha value is -2.69. The molecule has 2 N–H and O–H groups in total. The highest BCUT2D eigenvalue weighted by molar-refractivity contribution is 6.23. The van der Waals surface area contributed by atoms with Gasteiger partial charge in [-0.2, -0.15) is 0 Å². The minimum absolute atomic E-state index is 0.0541. The Morgan fingerprint density at radius 1 is 1.10 bits per heavy atom. The molecule has 0 radical (unpaired) electrons. The van der Waals surface area contributed by atoms with E-state index < -0.39 is 5.97 Å². The first kappa shape index (κ1) is 14.7. The average molecular weight is 285 g/mol. The first-order chi connectivity index (χ1) is 9.88. The lowest BCUT2D eigenvalue weighted by Gasteiger charge is -2.16. The zero-order valence-corrected chi connectivity index (χ0v) is 11.8. The molecule has 0 fully saturated rings. The molecule has 0 spiro atoms. The summed E-state index contributed by atoms with van der Waals surface area (Å²) >= 11 is 0. The Morgan fingerprint density at radius 3 is 2.29 bits per heavy atom. The summed E-state index contributed by atoms with van der Waals surface area (Å²) in [5.41, 5.74) is 2.42. The van der Waals surface area contributed by atoms with Crippen LogP contribution in [0.15, 0.2) is 47.2 Å². The van der Waals surface area contributed by atoms with Crippen LogP contribution in [0, 0.1) is 0 Å². The largest absolute Gasteiger partial charge is 0.481 e. The fourth-order valence-electron chi connectivity index (χ4n) is 1.99. The number of carbonyl (C=O) groups excluding carboxylic acids is 2. The molecule has 5 nitrogen and oxygen atoms in total. The molecule has 108 valence electrons. The number of hydrogen-bond donors (Lipinski definition) is 2. The van der Waals surface area contributed by atoms with Crippen LogP contribution in [-0.2, 0) is 20.8 Å². The van der Waals surface area contributed by atoms with E-state index >= 15 is 0 Å². The molecule has 0 aromatic heterocycles. The van der Waals surface area contributed by atoms with E-state index in [1.54, 1.807) is 38.1 Å². The highest BCUT2D eigenvalue weighted by Gasteiger charge is 2.23. The summed E-state index contributed by atoms with van der Waals surface area (Å²) in [4.78, 5) is 34.4. The van der Waals surface area contributed by atoms with Crippen LogP contribution in [0.3, 0.4) is 0 Å². The molecule has 0 atom stereocenters. The van der Waals surface area contributed by atoms with Gasteiger partial charge in [0.15, 0.2) is 5.78 Å². The Kier molecular flexibility index (Phi) is 4.03. The van der Waals surface area contributed by atoms with Crippen molar-refractivity contribution in [3.05, 3.63) is 52.7 Å². The Balaban J connectivity index is 2.16. The van der Waals surface area contributed by atoms with E-state index in [4.69, 9.17) is 5.11 Å². The fourth-order valence-corrected chi connectivity index (χ4v) is 1.99. The van der Waals surface area contributed by atoms with Crippen LogP contribution in [0.4, 0.5) is 5.69 Å². The summed E-state index contributed by atoms with van der Waals surface area (Å²) in [5.74, 6) is -1.29. The van der Waals surface area contributed by atoms with Crippen LogP contribution in [0.5, 0.6) is 0 Å². The van der Waals surface area contributed by atoms with Crippen molar-refractivity contribution in [1.29, 1.82) is 0 Å². The topological polar surface area (TPSA) is 83.5 Å². The maximum absolute atomic E-state index is 12.1. The second-order valence-electron chi connectivity index (χ2n) is 4.89. The molecular formula is C16H15NO4. The molecule has 1 aromatic carbocycles. The third-order valence-corrected chi connectivity index (χ3v) is 3.38. The number of anilines is 1. The van der Waals surface area contributed by atoms with Gasteiger partial charge in [-0.1, -0.05) is 12.1 Å². The van der Waals surface area contributed by atoms with Crippen LogP contribution in [-0.4, -0.2) is 22.6 Å². The molecule has 21 heavy (non-hydrogen) atoms. The summed E-state index contributed by atoms with van der Waals surface area (Å²) in [6.45, 7) is 3.25. The Morgan fingerprint density at radius 2 is 1.71 bits per heavy atom. The van der Waals surface area contributed by atoms with Gasteiger partial charge in [0.1, 0.15) is 0 Å². The molecule has 0 saturated heterocycles. The van der Waals surface area contributed by atoms with Crippen molar-refractivity contribution in [2.45, 2.75) is 20.3 Å². The smallest absolute Gasteiger partial charge is 0.307 e. The minimum atomic E-state index is -0.900. The van der Waals surface area contributed by atoms with Crippen LogP contribution < -0.4 is 5.32 Å². The lowest BCUT2D eigenvalue weighted by molar-refractivity contribution is -0.136. The molecule has 0 amide bonds. The van der Waals surface area contributed by atoms with Gasteiger partial charge in [-0.25, -0.2) is 0 Å². The third kappa shape index (κ3) is 3.25. The average Bonchev–Trinajstić information content (AvgIpc) is 2.44. The second-order valence-corrected chi connectivity index (χ2v) is 4.89. The van der Waals surface area contributed by atoms with Gasteiger partial charge < -0.3 is 10.4 Å². The van der Waals surface area contributed by atoms with Crippen molar-refractivity contribution in [2.24, 2.45) is 0 Å². The second kappa shape index (κ2) is 5.75. The van der Waals surface area contributed by atoms with Crippen molar-refractivity contribution >= 4 is 23.2 Å². The number of ketones is 2. The zero-order chi connectivity index (χ0) is 15.6. The van der Waals surface area contributed by atoms with E-state index in [0.717, 1.165) is 0 Å². The van der Waals surface area contributed by atoms with Crippen LogP contribution in [0.2, 0.25) is 0 Å². The van der Waals surface area contributed by atoms with Gasteiger partial charge in [-0.3, -0.25) is 14.4 Å². The Labute approximate surface area is 122 Å². The summed E-state index contributed by atoms with van der Waals surface area (Å²) in [6, 6.07) is 6.69. The molecule has 0 saturated carbocycles. The van der Waals surface area contributed by atoms with Crippen LogP contribution >= 0.6 is 0 Å². The number of hydrogen-bond acceptors (Lipinski definition) is 4. The van der Waals surface area contributed by atoms with E-state index in [1.807, 2.05) is 0 Å². The van der Waals surface area contributed by atoms with E-state index in [1.165, 1.54) is 6.08 Å². The highest BCUT2D eigenvalue weighted by Crippen LogP contribution is 2.21. The van der Waals surface area contributed by atoms with Gasteiger partial charge in [0, 0.05) is 22.9 Å². The van der Waals surface area contributed by atoms with E-state index in [-0.39, 0.29) is 23.7 Å². The monoisotopic (exact) mass is 285 g/mol. The first-order valence-electron chi connectivity index (χ1n) is 6.44. The van der Waals surface area contributed by atoms with Crippen molar-refractivity contribution in [1.82, 2.24) is 0 Å². The highest BCUT2D eigenvalue weighted by atomic mass is 16.4. The Bertz CT molecular complexity index is 681. The van der Waals surface area contributed by atoms with Crippen molar-refractivity contribution in [3.63, 3.8) is 0 Å². The summed E-state index contributed by atoms with van der Waals surface area (Å²) < 4.78 is 0. The number of nitrogens with one attached hydrogen (secondary N) is 1. The minimum Gasteiger partial charge on any atom is -0.481 e. The molecule has 0 unspecified atom stereocenters. The summed E-state index contributed by atoms with van der Waals surface area (Å²) in [5, 5.41) is 11.6. The van der Waals surface area contributed by atoms with Crippen molar-refractivity contribution in [2.75, 3.05) is 5.32 Å². The number of carboxylic acid groups (broad SMARTS) is 1. The van der Waals surface area contributed by atoms with Crippen LogP contribution in [0.1, 0.15) is 19.4 Å². The number of benzene rings is 1. The van der Waals surface area contributed by atoms with Gasteiger partial charge in [-0.15, -0.1) is 0 Å². The number of Topliss-reactive ketones (excluding diaryl/α,β-unsaturated/α-hetero) is 1. The maximum Gasteiger partial charge on any atom is 0.307 e. The first-order valence-corrected chi connectivity index (χ1v) is 6.44. The normalized spacial score (nSPS) is 15.0. The predicted octanol–water partition coefficient (Wildman–Crippen LogP) is 2.10. The number of aliphatic carboxylic acids is 1. The predicted molar refractivity (Wildman–Crippen MR) is 77.9 cm³/mol. The van der Waals surface area contributed by atoms with Gasteiger partial charge in [0.2, 0.25) is 5.78 Å². The lowest BCUT2D eigenvalue weighted by atomic mass is 9.95. The van der Waals surface area contributed by atoms with E-state index in [2.05, 4.69) is 5.32 Å². The fraction of sp³-hybridized carbons (Fsp3) is 0.188. The van der Waals surface area contributed by atoms with Gasteiger partial charge >= 0.3 is 5.97 Å². The lowest BCUT2D eigenvalue weighted by Crippen LogP contribution is -2.21. The number of carbonyl (C=O) groups is 3. The zero-order valence-electron chi connectivity index (χ0n) is 11.8. The quantitative estimate of drug-likeness (QED) is 0.828. The SMILES string of the molecule is CC1=C(C)C(=O)C(Nc2ccc(CC(=O)O)cc2)=CC1=O. The molecule has 2 rings (SSSR count). The molecule has 1 aliphatic carbocycles. The number of carboxylic acids is 1. The third-order valence-electron chi connectivity index (χ3n) is 3.38. The maximum atomic E-state index is 12.1. The molecule has 1 aliphatic rings. The van der Waals surface area contributed by atoms with Gasteiger partial charge in [-0.05, 0) is 31.5 Å². The molecule has 0 heterocycles. The summed E-state index contributed by atoms with van der Waals surface area (Å²) in [6.07, 6.45) is 1.23. The molecular weight excluding hydrogens is 270 g/mol. The van der Waals surface area contributed by atoms with Crippen LogP contribution in [0.25, 0.3) is 0 Å². The molecule has 0 bridgehead atoms. The standard InChI is InChI=1S/C16H15NO4/c1-9-10(2)16(21)13(8-14(9)18)17-12-5-3-11(4-6-12)7-15(19)20/h3-6,8,17H,7H2,1-2H3,(H,19,20). The number of allylic oxidation sites excluding steroid dienone is 3. The van der Waals surface area contributed by atoms with E-state index in [9.17, 15) is 14.4 Å². The van der Waals surface area contributed by atoms with Gasteiger partial charge in [0.25, 0.3) is 0 Å².